The monoisotopic (exact) mass is 276 g/mol. The number of anilines is 1. The third-order valence-electron chi connectivity index (χ3n) is 2.86. The molecule has 1 N–H and O–H groups in total. The molecule has 1 aliphatic heterocycles. The van der Waals surface area contributed by atoms with Crippen LogP contribution in [0.4, 0.5) is 5.69 Å². The summed E-state index contributed by atoms with van der Waals surface area (Å²) in [6.07, 6.45) is 1.67. The zero-order valence-electron chi connectivity index (χ0n) is 10.2. The SMILES string of the molecule is Clc1cc(NCc2cccc3c2OCCO3)ccn1. The van der Waals surface area contributed by atoms with Gasteiger partial charge in [-0.25, -0.2) is 4.98 Å². The van der Waals surface area contributed by atoms with Crippen molar-refractivity contribution in [1.29, 1.82) is 0 Å². The Morgan fingerprint density at radius 1 is 1.21 bits per heavy atom. The van der Waals surface area contributed by atoms with Crippen molar-refractivity contribution in [2.75, 3.05) is 18.5 Å². The Kier molecular flexibility index (Phi) is 3.42. The summed E-state index contributed by atoms with van der Waals surface area (Å²) in [4.78, 5) is 3.95. The summed E-state index contributed by atoms with van der Waals surface area (Å²) in [5.41, 5.74) is 1.99. The van der Waals surface area contributed by atoms with Crippen molar-refractivity contribution >= 4 is 17.3 Å². The molecule has 0 fully saturated rings. The van der Waals surface area contributed by atoms with E-state index in [0.29, 0.717) is 24.9 Å². The van der Waals surface area contributed by atoms with Gasteiger partial charge in [0.1, 0.15) is 18.4 Å². The van der Waals surface area contributed by atoms with Crippen LogP contribution < -0.4 is 14.8 Å². The maximum Gasteiger partial charge on any atom is 0.166 e. The van der Waals surface area contributed by atoms with Crippen molar-refractivity contribution in [2.45, 2.75) is 6.54 Å². The molecular formula is C14H13ClN2O2. The quantitative estimate of drug-likeness (QED) is 0.875. The molecule has 2 aromatic rings. The van der Waals surface area contributed by atoms with Crippen LogP contribution in [0.2, 0.25) is 5.15 Å². The number of hydrogen-bond acceptors (Lipinski definition) is 4. The number of aromatic nitrogens is 1. The molecule has 0 amide bonds. The summed E-state index contributed by atoms with van der Waals surface area (Å²) in [7, 11) is 0. The van der Waals surface area contributed by atoms with Crippen molar-refractivity contribution in [1.82, 2.24) is 4.98 Å². The van der Waals surface area contributed by atoms with E-state index in [1.165, 1.54) is 0 Å². The van der Waals surface area contributed by atoms with Crippen molar-refractivity contribution in [2.24, 2.45) is 0 Å². The van der Waals surface area contributed by atoms with Crippen LogP contribution in [0.1, 0.15) is 5.56 Å². The number of nitrogens with zero attached hydrogens (tertiary/aromatic N) is 1. The minimum absolute atomic E-state index is 0.472. The van der Waals surface area contributed by atoms with E-state index < -0.39 is 0 Å². The van der Waals surface area contributed by atoms with Crippen LogP contribution in [0.5, 0.6) is 11.5 Å². The topological polar surface area (TPSA) is 43.4 Å². The van der Waals surface area contributed by atoms with Crippen molar-refractivity contribution < 1.29 is 9.47 Å². The highest BCUT2D eigenvalue weighted by Gasteiger charge is 2.15. The average molecular weight is 277 g/mol. The van der Waals surface area contributed by atoms with Gasteiger partial charge in [0.2, 0.25) is 0 Å². The minimum atomic E-state index is 0.472. The van der Waals surface area contributed by atoms with Crippen molar-refractivity contribution in [3.63, 3.8) is 0 Å². The van der Waals surface area contributed by atoms with Gasteiger partial charge in [0, 0.05) is 24.0 Å². The zero-order valence-corrected chi connectivity index (χ0v) is 11.0. The van der Waals surface area contributed by atoms with Gasteiger partial charge in [-0.1, -0.05) is 23.7 Å². The van der Waals surface area contributed by atoms with Gasteiger partial charge in [-0.3, -0.25) is 0 Å². The van der Waals surface area contributed by atoms with Crippen LogP contribution in [-0.2, 0) is 6.54 Å². The van der Waals surface area contributed by atoms with Gasteiger partial charge in [0.25, 0.3) is 0 Å². The van der Waals surface area contributed by atoms with Gasteiger partial charge in [-0.05, 0) is 18.2 Å². The van der Waals surface area contributed by atoms with E-state index in [4.69, 9.17) is 21.1 Å². The van der Waals surface area contributed by atoms with E-state index in [1.54, 1.807) is 12.3 Å². The van der Waals surface area contributed by atoms with Gasteiger partial charge in [0.15, 0.2) is 11.5 Å². The highest BCUT2D eigenvalue weighted by Crippen LogP contribution is 2.33. The first-order chi connectivity index (χ1) is 9.33. The Labute approximate surface area is 116 Å². The predicted molar refractivity (Wildman–Crippen MR) is 74.0 cm³/mol. The highest BCUT2D eigenvalue weighted by molar-refractivity contribution is 6.29. The Balaban J connectivity index is 1.77. The molecule has 4 nitrogen and oxygen atoms in total. The third-order valence-corrected chi connectivity index (χ3v) is 3.06. The summed E-state index contributed by atoms with van der Waals surface area (Å²) < 4.78 is 11.2. The Morgan fingerprint density at radius 2 is 2.11 bits per heavy atom. The van der Waals surface area contributed by atoms with Gasteiger partial charge in [-0.15, -0.1) is 0 Å². The second-order valence-electron chi connectivity index (χ2n) is 4.16. The summed E-state index contributed by atoms with van der Waals surface area (Å²) in [6.45, 7) is 1.84. The normalized spacial score (nSPS) is 13.1. The van der Waals surface area contributed by atoms with Crippen LogP contribution in [0.25, 0.3) is 0 Å². The third kappa shape index (κ3) is 2.74. The zero-order chi connectivity index (χ0) is 13.1. The van der Waals surface area contributed by atoms with E-state index >= 15 is 0 Å². The molecule has 0 radical (unpaired) electrons. The number of ether oxygens (including phenoxy) is 2. The van der Waals surface area contributed by atoms with E-state index in [-0.39, 0.29) is 0 Å². The maximum absolute atomic E-state index is 5.85. The standard InChI is InChI=1S/C14H13ClN2O2/c15-13-8-11(4-5-16-13)17-9-10-2-1-3-12-14(10)19-7-6-18-12/h1-5,8H,6-7,9H2,(H,16,17). The lowest BCUT2D eigenvalue weighted by molar-refractivity contribution is 0.170. The molecule has 0 saturated heterocycles. The number of para-hydroxylation sites is 1. The molecule has 98 valence electrons. The molecule has 0 saturated carbocycles. The molecule has 19 heavy (non-hydrogen) atoms. The van der Waals surface area contributed by atoms with Gasteiger partial charge in [0.05, 0.1) is 0 Å². The number of fused-ring (bicyclic) bond motifs is 1. The lowest BCUT2D eigenvalue weighted by Gasteiger charge is -2.21. The molecule has 5 heteroatoms. The maximum atomic E-state index is 5.85. The largest absolute Gasteiger partial charge is 0.486 e. The Hall–Kier alpha value is -1.94. The molecule has 1 aromatic heterocycles. The first kappa shape index (κ1) is 12.1. The Morgan fingerprint density at radius 3 is 3.00 bits per heavy atom. The molecule has 3 rings (SSSR count). The number of rotatable bonds is 3. The number of benzene rings is 1. The molecule has 0 unspecified atom stereocenters. The van der Waals surface area contributed by atoms with Crippen LogP contribution in [0.15, 0.2) is 36.5 Å². The first-order valence-electron chi connectivity index (χ1n) is 6.06. The van der Waals surface area contributed by atoms with E-state index in [9.17, 15) is 0 Å². The Bertz CT molecular complexity index is 589. The molecule has 0 aliphatic carbocycles. The van der Waals surface area contributed by atoms with Gasteiger partial charge < -0.3 is 14.8 Å². The molecule has 1 aromatic carbocycles. The summed E-state index contributed by atoms with van der Waals surface area (Å²) in [5, 5.41) is 3.76. The van der Waals surface area contributed by atoms with E-state index in [0.717, 1.165) is 22.7 Å². The van der Waals surface area contributed by atoms with Crippen LogP contribution in [0, 0.1) is 0 Å². The van der Waals surface area contributed by atoms with Crippen LogP contribution in [-0.4, -0.2) is 18.2 Å². The first-order valence-corrected chi connectivity index (χ1v) is 6.43. The fraction of sp³-hybridized carbons (Fsp3) is 0.214. The molecule has 0 atom stereocenters. The van der Waals surface area contributed by atoms with Gasteiger partial charge >= 0.3 is 0 Å². The summed E-state index contributed by atoms with van der Waals surface area (Å²) >= 11 is 5.85. The second kappa shape index (κ2) is 5.36. The average Bonchev–Trinajstić information content (AvgIpc) is 2.45. The molecule has 0 bridgehead atoms. The highest BCUT2D eigenvalue weighted by atomic mass is 35.5. The fourth-order valence-electron chi connectivity index (χ4n) is 1.98. The van der Waals surface area contributed by atoms with Crippen LogP contribution >= 0.6 is 11.6 Å². The van der Waals surface area contributed by atoms with Gasteiger partial charge in [-0.2, -0.15) is 0 Å². The molecule has 2 heterocycles. The molecule has 1 aliphatic rings. The summed E-state index contributed by atoms with van der Waals surface area (Å²) in [5.74, 6) is 1.62. The van der Waals surface area contributed by atoms with Crippen molar-refractivity contribution in [3.05, 3.63) is 47.2 Å². The van der Waals surface area contributed by atoms with Crippen LogP contribution in [0.3, 0.4) is 0 Å². The number of nitrogens with one attached hydrogen (secondary N) is 1. The number of halogens is 1. The fourth-order valence-corrected chi connectivity index (χ4v) is 2.16. The lowest BCUT2D eigenvalue weighted by atomic mass is 10.1. The number of hydrogen-bond donors (Lipinski definition) is 1. The predicted octanol–water partition coefficient (Wildman–Crippen LogP) is 3.12. The van der Waals surface area contributed by atoms with E-state index in [1.807, 2.05) is 24.3 Å². The number of pyridine rings is 1. The smallest absolute Gasteiger partial charge is 0.166 e. The minimum Gasteiger partial charge on any atom is -0.486 e. The second-order valence-corrected chi connectivity index (χ2v) is 4.55. The molecular weight excluding hydrogens is 264 g/mol. The summed E-state index contributed by atoms with van der Waals surface area (Å²) in [6, 6.07) is 9.56. The lowest BCUT2D eigenvalue weighted by Crippen LogP contribution is -2.17. The van der Waals surface area contributed by atoms with E-state index in [2.05, 4.69) is 10.3 Å². The van der Waals surface area contributed by atoms with Crippen molar-refractivity contribution in [3.8, 4) is 11.5 Å². The molecule has 0 spiro atoms.